The number of carboxylic acids is 1. The molecule has 0 fully saturated rings. The molecule has 104 valence electrons. The number of carbonyl (C=O) groups excluding carboxylic acids is 3. The quantitative estimate of drug-likeness (QED) is 0.577. The monoisotopic (exact) mass is 280 g/mol. The van der Waals surface area contributed by atoms with Gasteiger partial charge in [0.1, 0.15) is 0 Å². The zero-order chi connectivity index (χ0) is 14.7. The SMILES string of the molecule is O=C1CC(C(=O)O)OC(=O)c2ccccc2C(=O)OO1. The molecule has 0 amide bonds. The highest BCUT2D eigenvalue weighted by Crippen LogP contribution is 2.16. The summed E-state index contributed by atoms with van der Waals surface area (Å²) < 4.78 is 4.69. The molecule has 0 saturated carbocycles. The molecule has 1 aliphatic heterocycles. The summed E-state index contributed by atoms with van der Waals surface area (Å²) in [6.45, 7) is 0. The Morgan fingerprint density at radius 2 is 1.65 bits per heavy atom. The Hall–Kier alpha value is -2.90. The van der Waals surface area contributed by atoms with Crippen LogP contribution in [0.15, 0.2) is 24.3 Å². The van der Waals surface area contributed by atoms with E-state index in [1.165, 1.54) is 24.3 Å². The molecule has 1 atom stereocenters. The maximum absolute atomic E-state index is 11.8. The zero-order valence-corrected chi connectivity index (χ0v) is 9.90. The molecule has 1 aromatic rings. The van der Waals surface area contributed by atoms with Crippen molar-refractivity contribution in [1.82, 2.24) is 0 Å². The summed E-state index contributed by atoms with van der Waals surface area (Å²) in [5.74, 6) is -4.75. The number of ether oxygens (including phenoxy) is 1. The van der Waals surface area contributed by atoms with E-state index in [4.69, 9.17) is 5.11 Å². The van der Waals surface area contributed by atoms with Gasteiger partial charge in [0.15, 0.2) is 0 Å². The second-order valence-electron chi connectivity index (χ2n) is 3.81. The van der Waals surface area contributed by atoms with Gasteiger partial charge in [0, 0.05) is 0 Å². The molecule has 0 aliphatic carbocycles. The van der Waals surface area contributed by atoms with Crippen LogP contribution in [0.5, 0.6) is 0 Å². The molecule has 0 bridgehead atoms. The molecule has 1 aliphatic rings. The molecular formula is C12H8O8. The lowest BCUT2D eigenvalue weighted by molar-refractivity contribution is -0.236. The number of esters is 1. The molecule has 1 N–H and O–H groups in total. The molecule has 20 heavy (non-hydrogen) atoms. The normalized spacial score (nSPS) is 19.2. The predicted octanol–water partition coefficient (Wildman–Crippen LogP) is 0.315. The first kappa shape index (κ1) is 13.5. The van der Waals surface area contributed by atoms with Crippen molar-refractivity contribution < 1.29 is 38.8 Å². The highest BCUT2D eigenvalue weighted by Gasteiger charge is 2.31. The summed E-state index contributed by atoms with van der Waals surface area (Å²) in [6, 6.07) is 5.43. The topological polar surface area (TPSA) is 116 Å². The molecular weight excluding hydrogens is 272 g/mol. The van der Waals surface area contributed by atoms with Gasteiger partial charge in [-0.05, 0) is 12.1 Å². The van der Waals surface area contributed by atoms with Gasteiger partial charge < -0.3 is 9.84 Å². The van der Waals surface area contributed by atoms with Gasteiger partial charge >= 0.3 is 23.9 Å². The van der Waals surface area contributed by atoms with Gasteiger partial charge in [-0.1, -0.05) is 12.1 Å². The van der Waals surface area contributed by atoms with Gasteiger partial charge in [0.2, 0.25) is 6.10 Å². The molecule has 0 radical (unpaired) electrons. The molecule has 1 heterocycles. The minimum atomic E-state index is -1.72. The lowest BCUT2D eigenvalue weighted by atomic mass is 10.1. The first-order valence-corrected chi connectivity index (χ1v) is 5.43. The fraction of sp³-hybridized carbons (Fsp3) is 0.167. The first-order chi connectivity index (χ1) is 9.49. The van der Waals surface area contributed by atoms with E-state index in [9.17, 15) is 19.2 Å². The average Bonchev–Trinajstić information content (AvgIpc) is 2.43. The maximum Gasteiger partial charge on any atom is 0.387 e. The first-order valence-electron chi connectivity index (χ1n) is 5.43. The van der Waals surface area contributed by atoms with Crippen molar-refractivity contribution in [3.05, 3.63) is 35.4 Å². The minimum Gasteiger partial charge on any atom is -0.478 e. The van der Waals surface area contributed by atoms with Crippen LogP contribution in [0.25, 0.3) is 0 Å². The predicted molar refractivity (Wildman–Crippen MR) is 59.4 cm³/mol. The Morgan fingerprint density at radius 3 is 2.25 bits per heavy atom. The van der Waals surface area contributed by atoms with E-state index in [1.54, 1.807) is 0 Å². The third kappa shape index (κ3) is 2.74. The van der Waals surface area contributed by atoms with Gasteiger partial charge in [-0.2, -0.15) is 0 Å². The maximum atomic E-state index is 11.8. The second-order valence-corrected chi connectivity index (χ2v) is 3.81. The summed E-state index contributed by atoms with van der Waals surface area (Å²) in [4.78, 5) is 54.0. The average molecular weight is 280 g/mol. The van der Waals surface area contributed by atoms with Gasteiger partial charge in [0.05, 0.1) is 17.5 Å². The summed E-state index contributed by atoms with van der Waals surface area (Å²) in [5, 5.41) is 8.86. The van der Waals surface area contributed by atoms with E-state index >= 15 is 0 Å². The van der Waals surface area contributed by atoms with E-state index in [0.29, 0.717) is 0 Å². The van der Waals surface area contributed by atoms with Crippen molar-refractivity contribution in [3.8, 4) is 0 Å². The fourth-order valence-corrected chi connectivity index (χ4v) is 1.53. The Morgan fingerprint density at radius 1 is 1.05 bits per heavy atom. The lowest BCUT2D eigenvalue weighted by Crippen LogP contribution is -2.32. The van der Waals surface area contributed by atoms with Crippen LogP contribution in [0.2, 0.25) is 0 Å². The van der Waals surface area contributed by atoms with Gasteiger partial charge in [-0.15, -0.1) is 0 Å². The van der Waals surface area contributed by atoms with Crippen LogP contribution < -0.4 is 0 Å². The molecule has 0 spiro atoms. The van der Waals surface area contributed by atoms with Crippen molar-refractivity contribution in [2.75, 3.05) is 0 Å². The number of fused-ring (bicyclic) bond motifs is 1. The lowest BCUT2D eigenvalue weighted by Gasteiger charge is -2.15. The number of hydrogen-bond donors (Lipinski definition) is 1. The Bertz CT molecular complexity index is 591. The Labute approximate surface area is 111 Å². The van der Waals surface area contributed by atoms with Crippen LogP contribution in [-0.2, 0) is 24.1 Å². The minimum absolute atomic E-state index is 0.179. The molecule has 0 aromatic heterocycles. The Balaban J connectivity index is 2.41. The summed E-state index contributed by atoms with van der Waals surface area (Å²) in [6.07, 6.45) is -2.49. The largest absolute Gasteiger partial charge is 0.478 e. The van der Waals surface area contributed by atoms with Crippen molar-refractivity contribution in [2.45, 2.75) is 12.5 Å². The van der Waals surface area contributed by atoms with Crippen molar-refractivity contribution in [2.24, 2.45) is 0 Å². The van der Waals surface area contributed by atoms with Crippen LogP contribution in [-0.4, -0.2) is 35.1 Å². The summed E-state index contributed by atoms with van der Waals surface area (Å²) in [5.41, 5.74) is -0.377. The highest BCUT2D eigenvalue weighted by atomic mass is 17.2. The smallest absolute Gasteiger partial charge is 0.387 e. The second kappa shape index (κ2) is 5.39. The van der Waals surface area contributed by atoms with Crippen molar-refractivity contribution in [1.29, 1.82) is 0 Å². The molecule has 1 unspecified atom stereocenters. The van der Waals surface area contributed by atoms with Gasteiger partial charge in [-0.3, -0.25) is 0 Å². The van der Waals surface area contributed by atoms with E-state index < -0.39 is 36.4 Å². The number of cyclic esters (lactones) is 1. The number of hydrogen-bond acceptors (Lipinski definition) is 7. The van der Waals surface area contributed by atoms with Crippen LogP contribution in [0.3, 0.4) is 0 Å². The van der Waals surface area contributed by atoms with E-state index in [0.717, 1.165) is 0 Å². The van der Waals surface area contributed by atoms with Gasteiger partial charge in [-0.25, -0.2) is 29.0 Å². The van der Waals surface area contributed by atoms with Gasteiger partial charge in [0.25, 0.3) is 0 Å². The third-order valence-corrected chi connectivity index (χ3v) is 2.45. The van der Waals surface area contributed by atoms with E-state index in [-0.39, 0.29) is 11.1 Å². The number of carbonyl (C=O) groups is 4. The molecule has 8 heteroatoms. The molecule has 1 aromatic carbocycles. The number of benzene rings is 1. The standard InChI is InChI=1S/C12H8O8/c13-9-5-8(10(14)15)18-11(16)6-3-1-2-4-7(6)12(17)20-19-9/h1-4,8H,5H2,(H,14,15). The molecule has 8 nitrogen and oxygen atoms in total. The highest BCUT2D eigenvalue weighted by molar-refractivity contribution is 6.04. The van der Waals surface area contributed by atoms with E-state index in [1.807, 2.05) is 0 Å². The number of rotatable bonds is 1. The molecule has 2 rings (SSSR count). The van der Waals surface area contributed by atoms with Crippen molar-refractivity contribution in [3.63, 3.8) is 0 Å². The molecule has 0 saturated heterocycles. The number of carboxylic acid groups (broad SMARTS) is 1. The fourth-order valence-electron chi connectivity index (χ4n) is 1.53. The zero-order valence-electron chi connectivity index (χ0n) is 9.90. The number of aliphatic carboxylic acids is 1. The van der Waals surface area contributed by atoms with Crippen LogP contribution >= 0.6 is 0 Å². The van der Waals surface area contributed by atoms with Crippen molar-refractivity contribution >= 4 is 23.9 Å². The summed E-state index contributed by atoms with van der Waals surface area (Å²) in [7, 11) is 0. The third-order valence-electron chi connectivity index (χ3n) is 2.45. The van der Waals surface area contributed by atoms with Crippen LogP contribution in [0.4, 0.5) is 0 Å². The Kier molecular flexibility index (Phi) is 3.65. The summed E-state index contributed by atoms with van der Waals surface area (Å²) >= 11 is 0. The van der Waals surface area contributed by atoms with Crippen LogP contribution in [0.1, 0.15) is 27.1 Å². The van der Waals surface area contributed by atoms with Crippen LogP contribution in [0, 0.1) is 0 Å². The van der Waals surface area contributed by atoms with E-state index in [2.05, 4.69) is 14.5 Å².